The minimum Gasteiger partial charge on any atom is -0.497 e. The molecule has 27 heavy (non-hydrogen) atoms. The van der Waals surface area contributed by atoms with Gasteiger partial charge in [0.2, 0.25) is 0 Å². The predicted octanol–water partition coefficient (Wildman–Crippen LogP) is 3.22. The largest absolute Gasteiger partial charge is 0.497 e. The van der Waals surface area contributed by atoms with Gasteiger partial charge >= 0.3 is 0 Å². The lowest BCUT2D eigenvalue weighted by atomic mass is 10.1. The second-order valence-electron chi connectivity index (χ2n) is 5.55. The number of carbonyl (C=O) groups excluding carboxylic acids is 1. The van der Waals surface area contributed by atoms with Gasteiger partial charge in [-0.15, -0.1) is 0 Å². The molecule has 1 aromatic heterocycles. The summed E-state index contributed by atoms with van der Waals surface area (Å²) in [7, 11) is 3.16. The molecule has 0 fully saturated rings. The zero-order valence-corrected chi connectivity index (χ0v) is 15.7. The van der Waals surface area contributed by atoms with Crippen LogP contribution in [0.2, 0.25) is 0 Å². The molecule has 0 aliphatic carbocycles. The molecule has 1 heterocycles. The van der Waals surface area contributed by atoms with Crippen molar-refractivity contribution < 1.29 is 14.3 Å². The number of aromatic nitrogens is 2. The molecule has 3 rings (SSSR count). The van der Waals surface area contributed by atoms with Crippen molar-refractivity contribution in [3.05, 3.63) is 76.8 Å². The van der Waals surface area contributed by atoms with E-state index >= 15 is 0 Å². The Morgan fingerprint density at radius 3 is 2.19 bits per heavy atom. The van der Waals surface area contributed by atoms with Crippen LogP contribution in [-0.2, 0) is 0 Å². The monoisotopic (exact) mass is 382 g/mol. The number of thioether (sulfide) groups is 1. The highest BCUT2D eigenvalue weighted by Crippen LogP contribution is 2.18. The fraction of sp³-hybridized carbons (Fsp3) is 0.150. The average Bonchev–Trinajstić information content (AvgIpc) is 2.73. The summed E-state index contributed by atoms with van der Waals surface area (Å²) in [5, 5.41) is 0.273. The minimum atomic E-state index is -0.268. The highest BCUT2D eigenvalue weighted by Gasteiger charge is 2.12. The highest BCUT2D eigenvalue weighted by atomic mass is 32.2. The Balaban J connectivity index is 1.75. The summed E-state index contributed by atoms with van der Waals surface area (Å²) in [4.78, 5) is 29.1. The molecular formula is C20H18N2O4S. The van der Waals surface area contributed by atoms with Gasteiger partial charge in [-0.2, -0.15) is 0 Å². The number of carbonyl (C=O) groups is 1. The first-order valence-electron chi connectivity index (χ1n) is 8.14. The van der Waals surface area contributed by atoms with Crippen molar-refractivity contribution in [2.75, 3.05) is 20.0 Å². The van der Waals surface area contributed by atoms with Gasteiger partial charge in [0, 0.05) is 23.6 Å². The van der Waals surface area contributed by atoms with Crippen molar-refractivity contribution in [1.29, 1.82) is 0 Å². The number of rotatable bonds is 7. The molecule has 3 aromatic rings. The van der Waals surface area contributed by atoms with E-state index in [0.717, 1.165) is 11.8 Å². The fourth-order valence-electron chi connectivity index (χ4n) is 2.43. The normalized spacial score (nSPS) is 10.4. The van der Waals surface area contributed by atoms with Gasteiger partial charge in [0.05, 0.1) is 20.0 Å². The smallest absolute Gasteiger partial charge is 0.287 e. The number of benzene rings is 2. The van der Waals surface area contributed by atoms with Gasteiger partial charge < -0.3 is 9.47 Å². The lowest BCUT2D eigenvalue weighted by Gasteiger charge is -2.08. The van der Waals surface area contributed by atoms with Crippen molar-refractivity contribution in [3.8, 4) is 17.2 Å². The third-order valence-electron chi connectivity index (χ3n) is 3.91. The number of methoxy groups -OCH3 is 2. The Hall–Kier alpha value is -3.06. The van der Waals surface area contributed by atoms with Crippen LogP contribution in [0.15, 0.2) is 70.7 Å². The van der Waals surface area contributed by atoms with E-state index in [4.69, 9.17) is 9.47 Å². The molecular weight excluding hydrogens is 364 g/mol. The number of hydrogen-bond acceptors (Lipinski definition) is 6. The molecule has 0 bridgehead atoms. The van der Waals surface area contributed by atoms with Gasteiger partial charge in [-0.1, -0.05) is 11.8 Å². The summed E-state index contributed by atoms with van der Waals surface area (Å²) in [6.45, 7) is 0. The van der Waals surface area contributed by atoms with E-state index in [1.165, 1.54) is 4.57 Å². The lowest BCUT2D eigenvalue weighted by Crippen LogP contribution is -2.21. The Morgan fingerprint density at radius 2 is 1.59 bits per heavy atom. The summed E-state index contributed by atoms with van der Waals surface area (Å²) in [5.74, 6) is 1.44. The fourth-order valence-corrected chi connectivity index (χ4v) is 3.22. The maximum Gasteiger partial charge on any atom is 0.287 e. The summed E-state index contributed by atoms with van der Waals surface area (Å²) in [6, 6.07) is 14.0. The summed E-state index contributed by atoms with van der Waals surface area (Å²) >= 11 is 1.13. The number of hydrogen-bond donors (Lipinski definition) is 0. The molecule has 0 spiro atoms. The zero-order chi connectivity index (χ0) is 19.2. The third-order valence-corrected chi connectivity index (χ3v) is 4.87. The standard InChI is InChI=1S/C20H18N2O4S/c1-25-16-7-3-14(4-8-16)18(23)13-27-19-20(24)22(12-11-21-19)15-5-9-17(26-2)10-6-15/h3-12H,13H2,1-2H3. The molecule has 6 nitrogen and oxygen atoms in total. The van der Waals surface area contributed by atoms with Gasteiger partial charge in [0.1, 0.15) is 11.5 Å². The SMILES string of the molecule is COc1ccc(C(=O)CSc2nccn(-c3ccc(OC)cc3)c2=O)cc1. The molecule has 0 N–H and O–H groups in total. The number of ketones is 1. The van der Waals surface area contributed by atoms with Crippen molar-refractivity contribution in [2.24, 2.45) is 0 Å². The van der Waals surface area contributed by atoms with Crippen LogP contribution in [0.3, 0.4) is 0 Å². The van der Waals surface area contributed by atoms with Crippen LogP contribution in [0, 0.1) is 0 Å². The molecule has 0 aliphatic heterocycles. The van der Waals surface area contributed by atoms with Crippen LogP contribution in [0.25, 0.3) is 5.69 Å². The highest BCUT2D eigenvalue weighted by molar-refractivity contribution is 7.99. The van der Waals surface area contributed by atoms with Crippen LogP contribution in [0.1, 0.15) is 10.4 Å². The summed E-state index contributed by atoms with van der Waals surface area (Å²) in [6.07, 6.45) is 3.14. The molecule has 138 valence electrons. The Bertz CT molecular complexity index is 982. The second-order valence-corrected chi connectivity index (χ2v) is 6.51. The maximum atomic E-state index is 12.7. The Morgan fingerprint density at radius 1 is 1.00 bits per heavy atom. The van der Waals surface area contributed by atoms with E-state index in [1.807, 2.05) is 0 Å². The van der Waals surface area contributed by atoms with Crippen LogP contribution < -0.4 is 15.0 Å². The van der Waals surface area contributed by atoms with Crippen LogP contribution in [0.5, 0.6) is 11.5 Å². The molecule has 0 saturated heterocycles. The number of ether oxygens (including phenoxy) is 2. The molecule has 0 atom stereocenters. The molecule has 0 amide bonds. The van der Waals surface area contributed by atoms with Crippen LogP contribution >= 0.6 is 11.8 Å². The van der Waals surface area contributed by atoms with Crippen molar-refractivity contribution in [1.82, 2.24) is 9.55 Å². The quantitative estimate of drug-likeness (QED) is 0.462. The summed E-state index contributed by atoms with van der Waals surface area (Å²) in [5.41, 5.74) is 0.997. The van der Waals surface area contributed by atoms with E-state index in [0.29, 0.717) is 22.7 Å². The summed E-state index contributed by atoms with van der Waals surface area (Å²) < 4.78 is 11.7. The molecule has 7 heteroatoms. The number of Topliss-reactive ketones (excluding diaryl/α,β-unsaturated/α-hetero) is 1. The first kappa shape index (κ1) is 18.7. The molecule has 0 saturated carbocycles. The Labute approximate surface area is 160 Å². The average molecular weight is 382 g/mol. The van der Waals surface area contributed by atoms with Gasteiger partial charge in [-0.25, -0.2) is 4.98 Å². The molecule has 0 radical (unpaired) electrons. The number of nitrogens with zero attached hydrogens (tertiary/aromatic N) is 2. The lowest BCUT2D eigenvalue weighted by molar-refractivity contribution is 0.102. The van der Waals surface area contributed by atoms with E-state index in [9.17, 15) is 9.59 Å². The minimum absolute atomic E-state index is 0.0799. The first-order valence-corrected chi connectivity index (χ1v) is 9.13. The second kappa shape index (κ2) is 8.55. The maximum absolute atomic E-state index is 12.7. The topological polar surface area (TPSA) is 70.4 Å². The van der Waals surface area contributed by atoms with Crippen LogP contribution in [0.4, 0.5) is 0 Å². The predicted molar refractivity (Wildman–Crippen MR) is 104 cm³/mol. The van der Waals surface area contributed by atoms with Gasteiger partial charge in [0.25, 0.3) is 5.56 Å². The first-order chi connectivity index (χ1) is 13.1. The molecule has 2 aromatic carbocycles. The molecule has 0 aliphatic rings. The van der Waals surface area contributed by atoms with E-state index in [2.05, 4.69) is 4.98 Å². The zero-order valence-electron chi connectivity index (χ0n) is 14.9. The van der Waals surface area contributed by atoms with E-state index in [1.54, 1.807) is 75.1 Å². The van der Waals surface area contributed by atoms with Gasteiger partial charge in [0.15, 0.2) is 10.8 Å². The van der Waals surface area contributed by atoms with Crippen molar-refractivity contribution >= 4 is 17.5 Å². The third kappa shape index (κ3) is 4.38. The van der Waals surface area contributed by atoms with Crippen LogP contribution in [-0.4, -0.2) is 35.3 Å². The molecule has 0 unspecified atom stereocenters. The van der Waals surface area contributed by atoms with E-state index < -0.39 is 0 Å². The van der Waals surface area contributed by atoms with Crippen molar-refractivity contribution in [3.63, 3.8) is 0 Å². The van der Waals surface area contributed by atoms with Gasteiger partial charge in [-0.3, -0.25) is 14.2 Å². The van der Waals surface area contributed by atoms with Crippen molar-refractivity contribution in [2.45, 2.75) is 5.03 Å². The Kier molecular flexibility index (Phi) is 5.93. The van der Waals surface area contributed by atoms with E-state index in [-0.39, 0.29) is 22.1 Å². The van der Waals surface area contributed by atoms with Gasteiger partial charge in [-0.05, 0) is 48.5 Å².